The number of nitrogens with one attached hydrogen (secondary N) is 2. The van der Waals surface area contributed by atoms with Crippen LogP contribution in [0, 0.1) is 0 Å². The van der Waals surface area contributed by atoms with Gasteiger partial charge in [0.15, 0.2) is 5.96 Å². The molecule has 7 nitrogen and oxygen atoms in total. The van der Waals surface area contributed by atoms with Crippen LogP contribution in [0.4, 0.5) is 8.78 Å². The highest BCUT2D eigenvalue weighted by molar-refractivity contribution is 14.0. The lowest BCUT2D eigenvalue weighted by atomic mass is 10.2. The van der Waals surface area contributed by atoms with Gasteiger partial charge in [0.1, 0.15) is 11.5 Å². The van der Waals surface area contributed by atoms with Gasteiger partial charge < -0.3 is 24.5 Å². The second kappa shape index (κ2) is 15.0. The molecule has 3 rings (SSSR count). The summed E-state index contributed by atoms with van der Waals surface area (Å²) >= 11 is 0. The van der Waals surface area contributed by atoms with E-state index in [-0.39, 0.29) is 36.3 Å². The van der Waals surface area contributed by atoms with Crippen LogP contribution in [0.1, 0.15) is 17.7 Å². The third-order valence-corrected chi connectivity index (χ3v) is 4.89. The Morgan fingerprint density at radius 3 is 2.62 bits per heavy atom. The van der Waals surface area contributed by atoms with Crippen molar-refractivity contribution >= 4 is 29.9 Å². The predicted octanol–water partition coefficient (Wildman–Crippen LogP) is 3.50. The molecule has 0 radical (unpaired) electrons. The summed E-state index contributed by atoms with van der Waals surface area (Å²) in [6.07, 6.45) is 3.32. The van der Waals surface area contributed by atoms with Crippen LogP contribution in [-0.2, 0) is 17.7 Å². The Labute approximate surface area is 204 Å². The summed E-state index contributed by atoms with van der Waals surface area (Å²) in [4.78, 5) is 6.95. The van der Waals surface area contributed by atoms with E-state index in [1.54, 1.807) is 24.5 Å². The van der Waals surface area contributed by atoms with E-state index in [0.29, 0.717) is 24.5 Å². The molecule has 0 aliphatic carbocycles. The van der Waals surface area contributed by atoms with E-state index in [2.05, 4.69) is 25.3 Å². The molecule has 1 aromatic carbocycles. The molecule has 2 aromatic rings. The molecule has 1 aliphatic heterocycles. The van der Waals surface area contributed by atoms with Crippen molar-refractivity contribution in [1.82, 2.24) is 15.5 Å². The number of nitrogens with zero attached hydrogens (tertiary/aromatic N) is 2. The lowest BCUT2D eigenvalue weighted by molar-refractivity contribution is -0.0504. The summed E-state index contributed by atoms with van der Waals surface area (Å²) in [6, 6.07) is 10.5. The maximum atomic E-state index is 12.7. The zero-order valence-corrected chi connectivity index (χ0v) is 20.3. The summed E-state index contributed by atoms with van der Waals surface area (Å²) < 4.78 is 40.6. The van der Waals surface area contributed by atoms with E-state index < -0.39 is 6.61 Å². The number of furan rings is 1. The van der Waals surface area contributed by atoms with Crippen LogP contribution < -0.4 is 15.4 Å². The minimum atomic E-state index is -2.87. The van der Waals surface area contributed by atoms with Crippen molar-refractivity contribution in [2.24, 2.45) is 4.99 Å². The number of rotatable bonds is 11. The normalized spacial score (nSPS) is 14.8. The summed E-state index contributed by atoms with van der Waals surface area (Å²) in [5, 5.41) is 6.61. The number of morpholine rings is 1. The SMILES string of the molecule is FC(F)Oc1ccccc1CN=C(NCCCN1CCOCC1)NCCc1ccco1.I. The van der Waals surface area contributed by atoms with Crippen molar-refractivity contribution in [3.05, 3.63) is 54.0 Å². The van der Waals surface area contributed by atoms with Gasteiger partial charge in [0.2, 0.25) is 0 Å². The topological polar surface area (TPSA) is 71.3 Å². The third kappa shape index (κ3) is 9.70. The Hall–Kier alpha value is -1.92. The number of aliphatic imine (C=N–C) groups is 1. The van der Waals surface area contributed by atoms with Crippen LogP contribution in [0.3, 0.4) is 0 Å². The molecule has 2 N–H and O–H groups in total. The van der Waals surface area contributed by atoms with E-state index in [1.165, 1.54) is 6.07 Å². The van der Waals surface area contributed by atoms with E-state index in [0.717, 1.165) is 51.6 Å². The molecule has 0 amide bonds. The highest BCUT2D eigenvalue weighted by Crippen LogP contribution is 2.20. The summed E-state index contributed by atoms with van der Waals surface area (Å²) in [7, 11) is 0. The second-order valence-electron chi connectivity index (χ2n) is 7.14. The number of ether oxygens (including phenoxy) is 2. The molecule has 0 atom stereocenters. The van der Waals surface area contributed by atoms with Crippen molar-refractivity contribution < 1.29 is 22.7 Å². The Morgan fingerprint density at radius 2 is 1.88 bits per heavy atom. The number of hydrogen-bond acceptors (Lipinski definition) is 5. The minimum Gasteiger partial charge on any atom is -0.469 e. The summed E-state index contributed by atoms with van der Waals surface area (Å²) in [5.41, 5.74) is 0.600. The standard InChI is InChI=1S/C22H30F2N4O3.HI/c23-21(24)31-20-7-2-1-5-18(20)17-27-22(26-10-8-19-6-3-14-30-19)25-9-4-11-28-12-15-29-16-13-28;/h1-3,5-7,14,21H,4,8-13,15-17H2,(H2,25,26,27);1H. The van der Waals surface area contributed by atoms with Gasteiger partial charge in [-0.05, 0) is 31.2 Å². The molecule has 1 aliphatic rings. The molecule has 1 fully saturated rings. The highest BCUT2D eigenvalue weighted by Gasteiger charge is 2.11. The highest BCUT2D eigenvalue weighted by atomic mass is 127. The summed E-state index contributed by atoms with van der Waals surface area (Å²) in [5.74, 6) is 1.65. The van der Waals surface area contributed by atoms with Gasteiger partial charge >= 0.3 is 6.61 Å². The lowest BCUT2D eigenvalue weighted by Crippen LogP contribution is -2.41. The first-order valence-corrected chi connectivity index (χ1v) is 10.6. The smallest absolute Gasteiger partial charge is 0.387 e. The Kier molecular flexibility index (Phi) is 12.4. The first-order valence-electron chi connectivity index (χ1n) is 10.6. The van der Waals surface area contributed by atoms with Crippen LogP contribution in [0.2, 0.25) is 0 Å². The molecule has 1 aromatic heterocycles. The second-order valence-corrected chi connectivity index (χ2v) is 7.14. The first kappa shape index (κ1) is 26.3. The monoisotopic (exact) mass is 564 g/mol. The van der Waals surface area contributed by atoms with Crippen molar-refractivity contribution in [3.8, 4) is 5.75 Å². The van der Waals surface area contributed by atoms with Crippen molar-refractivity contribution in [2.45, 2.75) is 26.0 Å². The van der Waals surface area contributed by atoms with Gasteiger partial charge in [-0.15, -0.1) is 24.0 Å². The Balaban J connectivity index is 0.00000363. The molecule has 32 heavy (non-hydrogen) atoms. The van der Waals surface area contributed by atoms with Crippen molar-refractivity contribution in [3.63, 3.8) is 0 Å². The fourth-order valence-corrected chi connectivity index (χ4v) is 3.28. The fraction of sp³-hybridized carbons (Fsp3) is 0.500. The van der Waals surface area contributed by atoms with E-state index in [9.17, 15) is 8.78 Å². The molecule has 2 heterocycles. The van der Waals surface area contributed by atoms with Gasteiger partial charge in [-0.3, -0.25) is 4.90 Å². The number of halogens is 3. The van der Waals surface area contributed by atoms with Crippen LogP contribution in [0.5, 0.6) is 5.75 Å². The Bertz CT molecular complexity index is 787. The molecule has 1 saturated heterocycles. The number of alkyl halides is 2. The predicted molar refractivity (Wildman–Crippen MR) is 130 cm³/mol. The zero-order valence-electron chi connectivity index (χ0n) is 18.0. The van der Waals surface area contributed by atoms with E-state index in [4.69, 9.17) is 9.15 Å². The quantitative estimate of drug-likeness (QED) is 0.189. The lowest BCUT2D eigenvalue weighted by Gasteiger charge is -2.26. The van der Waals surface area contributed by atoms with Gasteiger partial charge in [0, 0.05) is 38.2 Å². The molecule has 0 bridgehead atoms. The number of para-hydroxylation sites is 1. The molecule has 0 saturated carbocycles. The molecular formula is C22H31F2IN4O3. The van der Waals surface area contributed by atoms with Gasteiger partial charge in [-0.2, -0.15) is 8.78 Å². The van der Waals surface area contributed by atoms with Crippen LogP contribution >= 0.6 is 24.0 Å². The van der Waals surface area contributed by atoms with Gasteiger partial charge in [0.25, 0.3) is 0 Å². The van der Waals surface area contributed by atoms with Gasteiger partial charge in [-0.25, -0.2) is 4.99 Å². The molecule has 178 valence electrons. The average molecular weight is 564 g/mol. The average Bonchev–Trinajstić information content (AvgIpc) is 3.29. The van der Waals surface area contributed by atoms with Crippen LogP contribution in [-0.4, -0.2) is 63.4 Å². The maximum absolute atomic E-state index is 12.7. The molecule has 10 heteroatoms. The largest absolute Gasteiger partial charge is 0.469 e. The van der Waals surface area contributed by atoms with Crippen LogP contribution in [0.15, 0.2) is 52.1 Å². The van der Waals surface area contributed by atoms with Crippen molar-refractivity contribution in [2.75, 3.05) is 45.9 Å². The van der Waals surface area contributed by atoms with Crippen molar-refractivity contribution in [1.29, 1.82) is 0 Å². The fourth-order valence-electron chi connectivity index (χ4n) is 3.28. The number of guanidine groups is 1. The molecule has 0 spiro atoms. The molecular weight excluding hydrogens is 533 g/mol. The van der Waals surface area contributed by atoms with Crippen LogP contribution in [0.25, 0.3) is 0 Å². The maximum Gasteiger partial charge on any atom is 0.387 e. The zero-order chi connectivity index (χ0) is 21.7. The first-order chi connectivity index (χ1) is 15.2. The molecule has 0 unspecified atom stereocenters. The minimum absolute atomic E-state index is 0. The van der Waals surface area contributed by atoms with E-state index >= 15 is 0 Å². The van der Waals surface area contributed by atoms with E-state index in [1.807, 2.05) is 12.1 Å². The number of benzene rings is 1. The Morgan fingerprint density at radius 1 is 1.09 bits per heavy atom. The summed E-state index contributed by atoms with van der Waals surface area (Å²) in [6.45, 7) is 3.23. The van der Waals surface area contributed by atoms with Gasteiger partial charge in [-0.1, -0.05) is 18.2 Å². The van der Waals surface area contributed by atoms with Gasteiger partial charge in [0.05, 0.1) is 26.0 Å². The third-order valence-electron chi connectivity index (χ3n) is 4.89. The number of hydrogen-bond donors (Lipinski definition) is 2.